The predicted molar refractivity (Wildman–Crippen MR) is 108 cm³/mol. The number of nitrogens with zero attached hydrogens (tertiary/aromatic N) is 4. The average Bonchev–Trinajstić information content (AvgIpc) is 3.37. The highest BCUT2D eigenvalue weighted by atomic mass is 32.1. The summed E-state index contributed by atoms with van der Waals surface area (Å²) in [5, 5.41) is 8.51. The third-order valence-electron chi connectivity index (χ3n) is 5.57. The zero-order valence-corrected chi connectivity index (χ0v) is 16.9. The van der Waals surface area contributed by atoms with Crippen LogP contribution < -0.4 is 19.3 Å². The van der Waals surface area contributed by atoms with Crippen molar-refractivity contribution >= 4 is 12.2 Å². The molecule has 2 aromatic carbocycles. The molecule has 2 aliphatic rings. The van der Waals surface area contributed by atoms with Crippen LogP contribution in [0.2, 0.25) is 0 Å². The minimum Gasteiger partial charge on any atom is -0.454 e. The number of para-hydroxylation sites is 1. The fourth-order valence-electron chi connectivity index (χ4n) is 3.95. The summed E-state index contributed by atoms with van der Waals surface area (Å²) in [5.74, 6) is 1.71. The SMILES string of the molecule is S=c1n(C[NH+]2CC[NH+](Cc3ccc4c(c3)OCO4)CC2)nnn1-c1ccccc1. The van der Waals surface area contributed by atoms with Crippen molar-refractivity contribution in [3.8, 4) is 17.2 Å². The molecule has 3 aromatic rings. The van der Waals surface area contributed by atoms with Gasteiger partial charge in [-0.3, -0.25) is 0 Å². The highest BCUT2D eigenvalue weighted by molar-refractivity contribution is 7.71. The molecule has 0 amide bonds. The van der Waals surface area contributed by atoms with E-state index in [-0.39, 0.29) is 0 Å². The Morgan fingerprint density at radius 2 is 1.66 bits per heavy atom. The maximum atomic E-state index is 5.59. The Hall–Kier alpha value is -2.75. The van der Waals surface area contributed by atoms with Crippen LogP contribution >= 0.6 is 12.2 Å². The first kappa shape index (κ1) is 18.3. The van der Waals surface area contributed by atoms with Crippen LogP contribution in [0.3, 0.4) is 0 Å². The topological polar surface area (TPSA) is 63.0 Å². The van der Waals surface area contributed by atoms with Gasteiger partial charge in [-0.2, -0.15) is 9.36 Å². The molecule has 9 heteroatoms. The summed E-state index contributed by atoms with van der Waals surface area (Å²) in [4.78, 5) is 3.07. The van der Waals surface area contributed by atoms with Gasteiger partial charge >= 0.3 is 0 Å². The lowest BCUT2D eigenvalue weighted by atomic mass is 10.1. The molecule has 0 bridgehead atoms. The third kappa shape index (κ3) is 3.89. The van der Waals surface area contributed by atoms with Crippen molar-refractivity contribution < 1.29 is 19.3 Å². The predicted octanol–water partition coefficient (Wildman–Crippen LogP) is -0.532. The number of hydrogen-bond donors (Lipinski definition) is 2. The Balaban J connectivity index is 1.18. The first-order valence-electron chi connectivity index (χ1n) is 9.90. The molecular weight excluding hydrogens is 388 g/mol. The zero-order valence-electron chi connectivity index (χ0n) is 16.1. The maximum Gasteiger partial charge on any atom is 0.231 e. The molecule has 2 aliphatic heterocycles. The lowest BCUT2D eigenvalue weighted by molar-refractivity contribution is -1.03. The summed E-state index contributed by atoms with van der Waals surface area (Å²) in [6.07, 6.45) is 0. The number of piperazine rings is 1. The lowest BCUT2D eigenvalue weighted by Crippen LogP contribution is -3.27. The fourth-order valence-corrected chi connectivity index (χ4v) is 4.19. The number of rotatable bonds is 5. The van der Waals surface area contributed by atoms with Gasteiger partial charge in [0, 0.05) is 5.56 Å². The highest BCUT2D eigenvalue weighted by Crippen LogP contribution is 2.32. The van der Waals surface area contributed by atoms with Crippen molar-refractivity contribution in [2.24, 2.45) is 0 Å². The third-order valence-corrected chi connectivity index (χ3v) is 5.95. The van der Waals surface area contributed by atoms with Crippen LogP contribution in [0.4, 0.5) is 0 Å². The Morgan fingerprint density at radius 3 is 2.48 bits per heavy atom. The Morgan fingerprint density at radius 1 is 0.897 bits per heavy atom. The Bertz CT molecular complexity index is 1040. The van der Waals surface area contributed by atoms with Gasteiger partial charge in [0.2, 0.25) is 11.6 Å². The van der Waals surface area contributed by atoms with Crippen LogP contribution in [0.1, 0.15) is 5.56 Å². The Kier molecular flexibility index (Phi) is 5.01. The summed E-state index contributed by atoms with van der Waals surface area (Å²) in [7, 11) is 0. The van der Waals surface area contributed by atoms with Gasteiger partial charge in [-0.15, -0.1) is 0 Å². The van der Waals surface area contributed by atoms with Crippen LogP contribution in [0.25, 0.3) is 5.69 Å². The standard InChI is InChI=1S/C20H22N6O2S/c29-20-25(21-22-26(20)17-4-2-1-3-5-17)14-24-10-8-23(9-11-24)13-16-6-7-18-19(12-16)28-15-27-18/h1-7,12H,8-11,13-15H2/p+2. The quantitative estimate of drug-likeness (QED) is 0.552. The molecule has 2 N–H and O–H groups in total. The van der Waals surface area contributed by atoms with Gasteiger partial charge in [-0.05, 0) is 53.0 Å². The van der Waals surface area contributed by atoms with Crippen LogP contribution in [0.15, 0.2) is 48.5 Å². The number of nitrogens with one attached hydrogen (secondary N) is 2. The molecule has 1 fully saturated rings. The number of fused-ring (bicyclic) bond motifs is 1. The minimum atomic E-state index is 0.324. The molecule has 0 radical (unpaired) electrons. The summed E-state index contributed by atoms with van der Waals surface area (Å²) >= 11 is 5.59. The van der Waals surface area contributed by atoms with Crippen molar-refractivity contribution in [1.82, 2.24) is 19.8 Å². The normalized spacial score (nSPS) is 20.7. The fraction of sp³-hybridized carbons (Fsp3) is 0.350. The van der Waals surface area contributed by atoms with Crippen LogP contribution in [-0.2, 0) is 13.2 Å². The zero-order chi connectivity index (χ0) is 19.6. The highest BCUT2D eigenvalue weighted by Gasteiger charge is 2.25. The summed E-state index contributed by atoms with van der Waals surface area (Å²) in [6.45, 7) is 6.48. The van der Waals surface area contributed by atoms with E-state index in [2.05, 4.69) is 22.6 Å². The molecule has 0 aliphatic carbocycles. The largest absolute Gasteiger partial charge is 0.454 e. The Labute approximate surface area is 173 Å². The van der Waals surface area contributed by atoms with E-state index in [0.29, 0.717) is 11.6 Å². The van der Waals surface area contributed by atoms with Crippen LogP contribution in [-0.4, -0.2) is 52.8 Å². The average molecular weight is 413 g/mol. The molecule has 3 heterocycles. The minimum absolute atomic E-state index is 0.324. The number of benzene rings is 2. The van der Waals surface area contributed by atoms with E-state index >= 15 is 0 Å². The molecule has 0 spiro atoms. The molecule has 0 saturated carbocycles. The molecule has 8 nitrogen and oxygen atoms in total. The number of ether oxygens (including phenoxy) is 2. The lowest BCUT2D eigenvalue weighted by Gasteiger charge is -2.29. The molecule has 0 atom stereocenters. The van der Waals surface area contributed by atoms with Crippen LogP contribution in [0, 0.1) is 4.77 Å². The van der Waals surface area contributed by atoms with E-state index in [1.807, 2.05) is 41.1 Å². The first-order chi connectivity index (χ1) is 14.3. The molecule has 1 aromatic heterocycles. The van der Waals surface area contributed by atoms with Crippen molar-refractivity contribution in [3.05, 3.63) is 58.9 Å². The van der Waals surface area contributed by atoms with Crippen molar-refractivity contribution in [1.29, 1.82) is 0 Å². The van der Waals surface area contributed by atoms with E-state index in [1.165, 1.54) is 10.5 Å². The van der Waals surface area contributed by atoms with Gasteiger partial charge in [-0.1, -0.05) is 18.2 Å². The van der Waals surface area contributed by atoms with Gasteiger partial charge < -0.3 is 19.3 Å². The number of hydrogen-bond acceptors (Lipinski definition) is 5. The van der Waals surface area contributed by atoms with Gasteiger partial charge in [-0.25, -0.2) is 0 Å². The smallest absolute Gasteiger partial charge is 0.231 e. The number of aromatic nitrogens is 4. The first-order valence-corrected chi connectivity index (χ1v) is 10.3. The number of tetrazole rings is 1. The molecule has 29 heavy (non-hydrogen) atoms. The van der Waals surface area contributed by atoms with Gasteiger partial charge in [0.25, 0.3) is 0 Å². The van der Waals surface area contributed by atoms with Crippen molar-refractivity contribution in [2.45, 2.75) is 13.2 Å². The summed E-state index contributed by atoms with van der Waals surface area (Å²) in [5.41, 5.74) is 2.23. The molecule has 0 unspecified atom stereocenters. The van der Waals surface area contributed by atoms with E-state index in [9.17, 15) is 0 Å². The molecular formula is C20H24N6O2S+2. The van der Waals surface area contributed by atoms with Gasteiger partial charge in [0.05, 0.1) is 5.69 Å². The van der Waals surface area contributed by atoms with Gasteiger partial charge in [0.15, 0.2) is 18.2 Å². The van der Waals surface area contributed by atoms with Gasteiger partial charge in [0.1, 0.15) is 32.7 Å². The van der Waals surface area contributed by atoms with Crippen molar-refractivity contribution in [2.75, 3.05) is 33.0 Å². The molecule has 1 saturated heterocycles. The molecule has 150 valence electrons. The van der Waals surface area contributed by atoms with Crippen molar-refractivity contribution in [3.63, 3.8) is 0 Å². The second-order valence-corrected chi connectivity index (χ2v) is 7.90. The van der Waals surface area contributed by atoms with E-state index in [4.69, 9.17) is 21.7 Å². The second kappa shape index (κ2) is 7.94. The second-order valence-electron chi connectivity index (χ2n) is 7.53. The van der Waals surface area contributed by atoms with E-state index < -0.39 is 0 Å². The maximum absolute atomic E-state index is 5.59. The molecule has 5 rings (SSSR count). The van der Waals surface area contributed by atoms with Crippen LogP contribution in [0.5, 0.6) is 11.5 Å². The monoisotopic (exact) mass is 412 g/mol. The summed E-state index contributed by atoms with van der Waals surface area (Å²) < 4.78 is 15.1. The number of quaternary nitrogens is 2. The van der Waals surface area contributed by atoms with E-state index in [1.54, 1.807) is 9.58 Å². The van der Waals surface area contributed by atoms with E-state index in [0.717, 1.165) is 56.6 Å². The summed E-state index contributed by atoms with van der Waals surface area (Å²) in [6, 6.07) is 16.2.